The lowest BCUT2D eigenvalue weighted by molar-refractivity contribution is -0.110. The summed E-state index contributed by atoms with van der Waals surface area (Å²) in [5, 5.41) is 4.86. The van der Waals surface area contributed by atoms with E-state index in [1.165, 1.54) is 11.5 Å². The Morgan fingerprint density at radius 1 is 1.38 bits per heavy atom. The van der Waals surface area contributed by atoms with Crippen molar-refractivity contribution < 1.29 is 13.6 Å². The Bertz CT molecular complexity index is 641. The molecule has 9 heteroatoms. The van der Waals surface area contributed by atoms with Gasteiger partial charge in [-0.1, -0.05) is 0 Å². The Hall–Kier alpha value is -1.48. The zero-order valence-electron chi connectivity index (χ0n) is 11.7. The summed E-state index contributed by atoms with van der Waals surface area (Å²) in [4.78, 5) is 19.3. The Morgan fingerprint density at radius 3 is 2.38 bits per heavy atom. The fraction of sp³-hybridized carbons (Fsp3) is 0.500. The second-order valence-electron chi connectivity index (χ2n) is 4.53. The van der Waals surface area contributed by atoms with Crippen molar-refractivity contribution in [1.29, 1.82) is 0 Å². The van der Waals surface area contributed by atoms with E-state index in [1.54, 1.807) is 11.3 Å². The maximum atomic E-state index is 11.6. The van der Waals surface area contributed by atoms with Crippen LogP contribution in [-0.4, -0.2) is 33.6 Å². The molecule has 0 radical (unpaired) electrons. The van der Waals surface area contributed by atoms with E-state index in [4.69, 9.17) is 0 Å². The molecule has 21 heavy (non-hydrogen) atoms. The number of alkyl halides is 2. The van der Waals surface area contributed by atoms with Crippen molar-refractivity contribution in [2.75, 3.05) is 12.4 Å². The van der Waals surface area contributed by atoms with E-state index in [1.807, 2.05) is 20.9 Å². The molecule has 1 unspecified atom stereocenters. The first kappa shape index (κ1) is 15.9. The highest BCUT2D eigenvalue weighted by Crippen LogP contribution is 2.46. The van der Waals surface area contributed by atoms with Crippen LogP contribution in [0.5, 0.6) is 0 Å². The second-order valence-corrected chi connectivity index (χ2v) is 6.48. The van der Waals surface area contributed by atoms with Crippen molar-refractivity contribution >= 4 is 34.3 Å². The van der Waals surface area contributed by atoms with Gasteiger partial charge in [0.05, 0.1) is 21.5 Å². The van der Waals surface area contributed by atoms with Crippen LogP contribution in [0.4, 0.5) is 13.9 Å². The molecule has 2 aromatic heterocycles. The molecular formula is C12H14F2N4OS2. The van der Waals surface area contributed by atoms with E-state index in [9.17, 15) is 13.6 Å². The number of carbonyl (C=O) groups is 1. The van der Waals surface area contributed by atoms with Gasteiger partial charge in [0.2, 0.25) is 5.13 Å². The van der Waals surface area contributed by atoms with Crippen molar-refractivity contribution in [3.63, 3.8) is 0 Å². The third-order valence-electron chi connectivity index (χ3n) is 2.79. The summed E-state index contributed by atoms with van der Waals surface area (Å²) in [5.41, 5.74) is 1.01. The number of hydrogen-bond acceptors (Lipinski definition) is 7. The molecule has 1 saturated carbocycles. The molecule has 1 fully saturated rings. The molecule has 1 N–H and O–H groups in total. The molecule has 0 spiro atoms. The molecule has 5 nitrogen and oxygen atoms in total. The van der Waals surface area contributed by atoms with Crippen LogP contribution < -0.4 is 5.32 Å². The van der Waals surface area contributed by atoms with Gasteiger partial charge in [-0.3, -0.25) is 0 Å². The number of thiazole rings is 1. The number of halogens is 2. The minimum atomic E-state index is -2.65. The van der Waals surface area contributed by atoms with Gasteiger partial charge in [0.25, 0.3) is 5.92 Å². The molecule has 1 aliphatic rings. The summed E-state index contributed by atoms with van der Waals surface area (Å²) in [6, 6.07) is 0. The summed E-state index contributed by atoms with van der Waals surface area (Å²) in [5.74, 6) is -2.84. The fourth-order valence-corrected chi connectivity index (χ4v) is 2.97. The summed E-state index contributed by atoms with van der Waals surface area (Å²) in [6.07, 6.45) is 0.0660. The molecule has 0 amide bonds. The highest BCUT2D eigenvalue weighted by atomic mass is 32.1. The number of nitrogens with zero attached hydrogens (tertiary/aromatic N) is 3. The first-order valence-corrected chi connectivity index (χ1v) is 7.75. The van der Waals surface area contributed by atoms with Crippen LogP contribution in [0.25, 0.3) is 10.7 Å². The molecule has 2 heterocycles. The van der Waals surface area contributed by atoms with Crippen molar-refractivity contribution in [3.8, 4) is 10.7 Å². The highest BCUT2D eigenvalue weighted by Gasteiger charge is 2.56. The third kappa shape index (κ3) is 3.79. The fourth-order valence-electron chi connectivity index (χ4n) is 1.54. The third-order valence-corrected chi connectivity index (χ3v) is 4.59. The molecule has 1 atom stereocenters. The molecule has 1 aliphatic carbocycles. The number of hydrogen-bond donors (Lipinski definition) is 1. The minimum absolute atomic E-state index is 0.240. The molecule has 2 aromatic rings. The maximum Gasteiger partial charge on any atom is 0.258 e. The first-order chi connectivity index (χ1) is 9.87. The summed E-state index contributed by atoms with van der Waals surface area (Å²) in [6.45, 7) is 3.98. The Labute approximate surface area is 128 Å². The number of carbonyl (C=O) groups excluding carboxylic acids is 1. The van der Waals surface area contributed by atoms with Crippen molar-refractivity contribution in [2.45, 2.75) is 26.2 Å². The molecule has 3 rings (SSSR count). The van der Waals surface area contributed by atoms with Crippen LogP contribution >= 0.6 is 22.9 Å². The van der Waals surface area contributed by atoms with Crippen LogP contribution in [-0.2, 0) is 4.79 Å². The van der Waals surface area contributed by atoms with Gasteiger partial charge >= 0.3 is 0 Å². The molecule has 0 saturated heterocycles. The van der Waals surface area contributed by atoms with Gasteiger partial charge in [0.15, 0.2) is 5.82 Å². The quantitative estimate of drug-likeness (QED) is 0.875. The Kier molecular flexibility index (Phi) is 4.62. The summed E-state index contributed by atoms with van der Waals surface area (Å²) < 4.78 is 27.4. The number of aromatic nitrogens is 3. The highest BCUT2D eigenvalue weighted by molar-refractivity contribution is 7.15. The van der Waals surface area contributed by atoms with E-state index < -0.39 is 11.8 Å². The van der Waals surface area contributed by atoms with Gasteiger partial charge in [-0.25, -0.2) is 13.8 Å². The van der Waals surface area contributed by atoms with Crippen molar-refractivity contribution in [3.05, 3.63) is 10.7 Å². The Morgan fingerprint density at radius 2 is 2.05 bits per heavy atom. The largest absolute Gasteiger partial charge is 0.363 e. The van der Waals surface area contributed by atoms with E-state index >= 15 is 0 Å². The summed E-state index contributed by atoms with van der Waals surface area (Å²) >= 11 is 3.00. The van der Waals surface area contributed by atoms with Crippen LogP contribution in [0.1, 0.15) is 17.1 Å². The van der Waals surface area contributed by atoms with Crippen molar-refractivity contribution in [1.82, 2.24) is 14.3 Å². The number of aldehydes is 1. The van der Waals surface area contributed by atoms with Crippen LogP contribution in [0.3, 0.4) is 0 Å². The van der Waals surface area contributed by atoms with Gasteiger partial charge in [0, 0.05) is 25.0 Å². The second kappa shape index (κ2) is 6.10. The van der Waals surface area contributed by atoms with Crippen molar-refractivity contribution in [2.24, 2.45) is 5.92 Å². The van der Waals surface area contributed by atoms with Gasteiger partial charge in [-0.2, -0.15) is 9.36 Å². The van der Waals surface area contributed by atoms with E-state index in [0.29, 0.717) is 6.29 Å². The van der Waals surface area contributed by atoms with E-state index in [2.05, 4.69) is 19.7 Å². The van der Waals surface area contributed by atoms with Crippen LogP contribution in [0.2, 0.25) is 0 Å². The predicted octanol–water partition coefficient (Wildman–Crippen LogP) is 3.16. The van der Waals surface area contributed by atoms with Gasteiger partial charge < -0.3 is 10.1 Å². The lowest BCUT2D eigenvalue weighted by atomic mass is 10.4. The smallest absolute Gasteiger partial charge is 0.258 e. The van der Waals surface area contributed by atoms with Gasteiger partial charge in [-0.05, 0) is 13.8 Å². The standard InChI is InChI=1S/C8H10N4S2.C4H4F2O/c1-4-6(13-5(2)10-4)7-11-8(9-3)14-12-7;5-4(6)1-3(4)2-7/h1-3H3,(H,9,11,12);2-3H,1H2. The lowest BCUT2D eigenvalue weighted by Crippen LogP contribution is -1.92. The number of anilines is 1. The molecule has 0 bridgehead atoms. The minimum Gasteiger partial charge on any atom is -0.363 e. The molecule has 0 aliphatic heterocycles. The number of aryl methyl sites for hydroxylation is 2. The molecular weight excluding hydrogens is 318 g/mol. The lowest BCUT2D eigenvalue weighted by Gasteiger charge is -1.89. The maximum absolute atomic E-state index is 11.6. The van der Waals surface area contributed by atoms with E-state index in [-0.39, 0.29) is 6.42 Å². The zero-order chi connectivity index (χ0) is 15.6. The monoisotopic (exact) mass is 332 g/mol. The first-order valence-electron chi connectivity index (χ1n) is 6.16. The molecule has 114 valence electrons. The van der Waals surface area contributed by atoms with Crippen LogP contribution in [0.15, 0.2) is 0 Å². The summed E-state index contributed by atoms with van der Waals surface area (Å²) in [7, 11) is 1.84. The number of nitrogens with one attached hydrogen (secondary N) is 1. The van der Waals surface area contributed by atoms with Gasteiger partial charge in [-0.15, -0.1) is 11.3 Å². The average molecular weight is 332 g/mol. The number of rotatable bonds is 3. The van der Waals surface area contributed by atoms with Crippen LogP contribution in [0, 0.1) is 19.8 Å². The normalized spacial score (nSPS) is 18.6. The molecule has 0 aromatic carbocycles. The zero-order valence-corrected chi connectivity index (χ0v) is 13.3. The topological polar surface area (TPSA) is 67.8 Å². The predicted molar refractivity (Wildman–Crippen MR) is 79.2 cm³/mol. The van der Waals surface area contributed by atoms with E-state index in [0.717, 1.165) is 26.5 Å². The SMILES string of the molecule is CNc1nc(-c2sc(C)nc2C)ns1.O=CC1CC1(F)F. The average Bonchev–Trinajstić information content (AvgIpc) is 2.81. The van der Waals surface area contributed by atoms with Gasteiger partial charge in [0.1, 0.15) is 6.29 Å². The Balaban J connectivity index is 0.000000194.